The molecule has 0 amide bonds. The van der Waals surface area contributed by atoms with Gasteiger partial charge in [0.1, 0.15) is 5.75 Å². The predicted molar refractivity (Wildman–Crippen MR) is 95.2 cm³/mol. The highest BCUT2D eigenvalue weighted by Gasteiger charge is 2.21. The van der Waals surface area contributed by atoms with Crippen LogP contribution in [0.15, 0.2) is 24.3 Å². The SMILES string of the molecule is CCc1c(CNS(C)(=O)=O)nn(C(C)C)c1Oc1cccc(Cl)c1. The van der Waals surface area contributed by atoms with Crippen molar-refractivity contribution < 1.29 is 13.2 Å². The number of hydrogen-bond donors (Lipinski definition) is 1. The summed E-state index contributed by atoms with van der Waals surface area (Å²) in [5, 5.41) is 5.12. The lowest BCUT2D eigenvalue weighted by molar-refractivity contribution is 0.385. The number of benzene rings is 1. The summed E-state index contributed by atoms with van der Waals surface area (Å²) in [6, 6.07) is 7.20. The lowest BCUT2D eigenvalue weighted by atomic mass is 10.2. The van der Waals surface area contributed by atoms with Gasteiger partial charge in [-0.15, -0.1) is 0 Å². The summed E-state index contributed by atoms with van der Waals surface area (Å²) < 4.78 is 33.0. The van der Waals surface area contributed by atoms with Crippen molar-refractivity contribution >= 4 is 21.6 Å². The highest BCUT2D eigenvalue weighted by molar-refractivity contribution is 7.88. The lowest BCUT2D eigenvalue weighted by Crippen LogP contribution is -2.22. The second-order valence-corrected chi connectivity index (χ2v) is 8.04. The van der Waals surface area contributed by atoms with Crippen LogP contribution < -0.4 is 9.46 Å². The monoisotopic (exact) mass is 371 g/mol. The molecule has 0 saturated heterocycles. The lowest BCUT2D eigenvalue weighted by Gasteiger charge is -2.13. The van der Waals surface area contributed by atoms with Crippen molar-refractivity contribution in [3.05, 3.63) is 40.5 Å². The second-order valence-electron chi connectivity index (χ2n) is 5.77. The normalized spacial score (nSPS) is 11.9. The Hall–Kier alpha value is -1.57. The van der Waals surface area contributed by atoms with Crippen molar-refractivity contribution in [2.24, 2.45) is 0 Å². The van der Waals surface area contributed by atoms with Crippen LogP contribution in [0.1, 0.15) is 38.1 Å². The van der Waals surface area contributed by atoms with Gasteiger partial charge in [-0.25, -0.2) is 17.8 Å². The molecule has 0 aliphatic carbocycles. The zero-order chi connectivity index (χ0) is 17.9. The topological polar surface area (TPSA) is 73.2 Å². The number of aromatic nitrogens is 2. The van der Waals surface area contributed by atoms with Crippen LogP contribution in [0.3, 0.4) is 0 Å². The first kappa shape index (κ1) is 18.8. The second kappa shape index (κ2) is 7.55. The van der Waals surface area contributed by atoms with Crippen molar-refractivity contribution in [3.8, 4) is 11.6 Å². The minimum atomic E-state index is -3.29. The molecule has 24 heavy (non-hydrogen) atoms. The molecule has 8 heteroatoms. The van der Waals surface area contributed by atoms with Crippen molar-refractivity contribution in [3.63, 3.8) is 0 Å². The summed E-state index contributed by atoms with van der Waals surface area (Å²) in [6.07, 6.45) is 1.80. The molecule has 1 aromatic heterocycles. The van der Waals surface area contributed by atoms with Gasteiger partial charge in [0.05, 0.1) is 24.5 Å². The summed E-state index contributed by atoms with van der Waals surface area (Å²) in [5.74, 6) is 1.22. The molecular weight excluding hydrogens is 350 g/mol. The number of sulfonamides is 1. The van der Waals surface area contributed by atoms with Crippen LogP contribution in [0.4, 0.5) is 0 Å². The molecule has 1 aromatic carbocycles. The van der Waals surface area contributed by atoms with Gasteiger partial charge in [0.2, 0.25) is 15.9 Å². The fourth-order valence-electron chi connectivity index (χ4n) is 2.29. The molecule has 6 nitrogen and oxygen atoms in total. The van der Waals surface area contributed by atoms with E-state index < -0.39 is 10.0 Å². The van der Waals surface area contributed by atoms with E-state index in [9.17, 15) is 8.42 Å². The smallest absolute Gasteiger partial charge is 0.221 e. The van der Waals surface area contributed by atoms with Crippen LogP contribution in [0.25, 0.3) is 0 Å². The van der Waals surface area contributed by atoms with E-state index in [1.807, 2.05) is 32.9 Å². The van der Waals surface area contributed by atoms with Crippen LogP contribution in [0.5, 0.6) is 11.6 Å². The standard InChI is InChI=1S/C16H22ClN3O3S/c1-5-14-15(10-18-24(4,21)22)19-20(11(2)3)16(14)23-13-8-6-7-12(17)9-13/h6-9,11,18H,5,10H2,1-4H3. The number of rotatable bonds is 7. The van der Waals surface area contributed by atoms with Gasteiger partial charge in [-0.05, 0) is 38.5 Å². The molecule has 1 N–H and O–H groups in total. The van der Waals surface area contributed by atoms with E-state index in [1.165, 1.54) is 0 Å². The van der Waals surface area contributed by atoms with Crippen molar-refractivity contribution in [1.29, 1.82) is 0 Å². The van der Waals surface area contributed by atoms with E-state index in [0.717, 1.165) is 11.8 Å². The molecule has 0 aliphatic rings. The van der Waals surface area contributed by atoms with Gasteiger partial charge in [-0.1, -0.05) is 24.6 Å². The van der Waals surface area contributed by atoms with E-state index in [1.54, 1.807) is 16.8 Å². The Morgan fingerprint density at radius 2 is 2.08 bits per heavy atom. The van der Waals surface area contributed by atoms with Crippen molar-refractivity contribution in [2.45, 2.75) is 39.8 Å². The van der Waals surface area contributed by atoms with Gasteiger partial charge in [0.25, 0.3) is 0 Å². The van der Waals surface area contributed by atoms with Gasteiger partial charge < -0.3 is 4.74 Å². The molecule has 0 saturated carbocycles. The van der Waals surface area contributed by atoms with Crippen molar-refractivity contribution in [1.82, 2.24) is 14.5 Å². The number of halogens is 1. The van der Waals surface area contributed by atoms with Gasteiger partial charge in [0, 0.05) is 10.6 Å². The summed E-state index contributed by atoms with van der Waals surface area (Å²) in [6.45, 7) is 6.10. The maximum atomic E-state index is 11.4. The maximum Gasteiger partial charge on any atom is 0.221 e. The number of ether oxygens (including phenoxy) is 1. The highest BCUT2D eigenvalue weighted by atomic mass is 35.5. The van der Waals surface area contributed by atoms with E-state index >= 15 is 0 Å². The fraction of sp³-hybridized carbons (Fsp3) is 0.438. The van der Waals surface area contributed by atoms with E-state index in [4.69, 9.17) is 16.3 Å². The Kier molecular flexibility index (Phi) is 5.90. The molecule has 0 unspecified atom stereocenters. The van der Waals surface area contributed by atoms with Gasteiger partial charge >= 0.3 is 0 Å². The minimum absolute atomic E-state index is 0.0662. The maximum absolute atomic E-state index is 11.4. The Labute approximate surface area is 147 Å². The van der Waals surface area contributed by atoms with Gasteiger partial charge in [0.15, 0.2) is 0 Å². The number of hydrogen-bond acceptors (Lipinski definition) is 4. The molecule has 0 spiro atoms. The first-order valence-electron chi connectivity index (χ1n) is 7.69. The molecule has 132 valence electrons. The summed E-state index contributed by atoms with van der Waals surface area (Å²) in [4.78, 5) is 0. The minimum Gasteiger partial charge on any atom is -0.439 e. The predicted octanol–water partition coefficient (Wildman–Crippen LogP) is 3.52. The van der Waals surface area contributed by atoms with E-state index in [0.29, 0.717) is 28.8 Å². The third kappa shape index (κ3) is 4.72. The van der Waals surface area contributed by atoms with Gasteiger partial charge in [-0.3, -0.25) is 0 Å². The molecule has 0 bridgehead atoms. The molecule has 2 aromatic rings. The van der Waals surface area contributed by atoms with Crippen LogP contribution in [-0.4, -0.2) is 24.5 Å². The average Bonchev–Trinajstić information content (AvgIpc) is 2.82. The van der Waals surface area contributed by atoms with Crippen LogP contribution in [0, 0.1) is 0 Å². The number of nitrogens with zero attached hydrogens (tertiary/aromatic N) is 2. The molecular formula is C16H22ClN3O3S. The van der Waals surface area contributed by atoms with Gasteiger partial charge in [-0.2, -0.15) is 5.10 Å². The Balaban J connectivity index is 2.42. The fourth-order valence-corrected chi connectivity index (χ4v) is 2.87. The largest absolute Gasteiger partial charge is 0.439 e. The highest BCUT2D eigenvalue weighted by Crippen LogP contribution is 2.32. The Morgan fingerprint density at radius 3 is 2.62 bits per heavy atom. The molecule has 1 heterocycles. The molecule has 0 aliphatic heterocycles. The average molecular weight is 372 g/mol. The first-order chi connectivity index (χ1) is 11.2. The first-order valence-corrected chi connectivity index (χ1v) is 9.96. The molecule has 0 fully saturated rings. The van der Waals surface area contributed by atoms with Crippen LogP contribution in [0.2, 0.25) is 5.02 Å². The van der Waals surface area contributed by atoms with Crippen LogP contribution in [-0.2, 0) is 23.0 Å². The molecule has 0 atom stereocenters. The number of nitrogens with one attached hydrogen (secondary N) is 1. The van der Waals surface area contributed by atoms with Crippen LogP contribution >= 0.6 is 11.6 Å². The summed E-state index contributed by atoms with van der Waals surface area (Å²) in [7, 11) is -3.29. The quantitative estimate of drug-likeness (QED) is 0.808. The summed E-state index contributed by atoms with van der Waals surface area (Å²) in [5.41, 5.74) is 1.54. The molecule has 0 radical (unpaired) electrons. The van der Waals surface area contributed by atoms with Crippen molar-refractivity contribution in [2.75, 3.05) is 6.26 Å². The molecule has 2 rings (SSSR count). The zero-order valence-corrected chi connectivity index (χ0v) is 15.8. The third-order valence-corrected chi connectivity index (χ3v) is 4.30. The third-order valence-electron chi connectivity index (χ3n) is 3.40. The van der Waals surface area contributed by atoms with E-state index in [-0.39, 0.29) is 12.6 Å². The zero-order valence-electron chi connectivity index (χ0n) is 14.2. The Bertz CT molecular complexity index is 816. The summed E-state index contributed by atoms with van der Waals surface area (Å²) >= 11 is 6.01. The Morgan fingerprint density at radius 1 is 1.38 bits per heavy atom. The van der Waals surface area contributed by atoms with E-state index in [2.05, 4.69) is 9.82 Å².